The predicted molar refractivity (Wildman–Crippen MR) is 74.8 cm³/mol. The molecule has 0 aliphatic heterocycles. The van der Waals surface area contributed by atoms with Crippen molar-refractivity contribution in [3.05, 3.63) is 53.3 Å². The minimum absolute atomic E-state index is 0.0757. The molecule has 0 radical (unpaired) electrons. The minimum atomic E-state index is -3.94. The lowest BCUT2D eigenvalue weighted by atomic mass is 10.1. The quantitative estimate of drug-likeness (QED) is 0.856. The van der Waals surface area contributed by atoms with Gasteiger partial charge in [0.05, 0.1) is 10.6 Å². The Kier molecular flexibility index (Phi) is 3.67. The van der Waals surface area contributed by atoms with Gasteiger partial charge in [0.25, 0.3) is 10.0 Å². The lowest BCUT2D eigenvalue weighted by molar-refractivity contribution is 0.473. The molecule has 0 fully saturated rings. The normalized spacial score (nSPS) is 11.3. The van der Waals surface area contributed by atoms with Gasteiger partial charge < -0.3 is 5.11 Å². The number of nitrogens with one attached hydrogen (secondary N) is 1. The molecule has 2 aromatic rings. The lowest BCUT2D eigenvalue weighted by Gasteiger charge is -2.12. The number of rotatable bonds is 3. The number of phenols is 1. The Morgan fingerprint density at radius 3 is 2.50 bits per heavy atom. The number of benzene rings is 2. The molecule has 0 heterocycles. The molecule has 0 unspecified atom stereocenters. The third-order valence-corrected chi connectivity index (χ3v) is 4.16. The molecule has 0 atom stereocenters. The van der Waals surface area contributed by atoms with E-state index in [-0.39, 0.29) is 16.3 Å². The third kappa shape index (κ3) is 2.91. The summed E-state index contributed by atoms with van der Waals surface area (Å²) in [6.07, 6.45) is 0. The zero-order chi connectivity index (χ0) is 14.9. The van der Waals surface area contributed by atoms with Gasteiger partial charge in [-0.25, -0.2) is 12.8 Å². The van der Waals surface area contributed by atoms with Crippen LogP contribution in [-0.2, 0) is 10.0 Å². The van der Waals surface area contributed by atoms with Gasteiger partial charge >= 0.3 is 0 Å². The first-order chi connectivity index (χ1) is 9.29. The molecule has 0 bridgehead atoms. The Labute approximate surface area is 116 Å². The van der Waals surface area contributed by atoms with Crippen LogP contribution in [0.5, 0.6) is 5.75 Å². The fourth-order valence-electron chi connectivity index (χ4n) is 1.88. The number of halogens is 1. The van der Waals surface area contributed by atoms with Crippen LogP contribution in [0.25, 0.3) is 0 Å². The molecule has 2 rings (SSSR count). The van der Waals surface area contributed by atoms with Gasteiger partial charge in [0, 0.05) is 0 Å². The Hall–Kier alpha value is -2.08. The molecule has 6 heteroatoms. The van der Waals surface area contributed by atoms with Crippen molar-refractivity contribution in [2.45, 2.75) is 18.7 Å². The van der Waals surface area contributed by atoms with Gasteiger partial charge in [-0.15, -0.1) is 0 Å². The highest BCUT2D eigenvalue weighted by atomic mass is 32.2. The smallest absolute Gasteiger partial charge is 0.262 e. The van der Waals surface area contributed by atoms with E-state index in [1.54, 1.807) is 19.9 Å². The van der Waals surface area contributed by atoms with Crippen LogP contribution >= 0.6 is 0 Å². The molecule has 0 saturated heterocycles. The molecule has 4 nitrogen and oxygen atoms in total. The summed E-state index contributed by atoms with van der Waals surface area (Å²) in [6.45, 7) is 3.45. The summed E-state index contributed by atoms with van der Waals surface area (Å²) in [4.78, 5) is -0.198. The van der Waals surface area contributed by atoms with E-state index in [0.717, 1.165) is 17.7 Å². The molecule has 0 amide bonds. The topological polar surface area (TPSA) is 66.4 Å². The second-order valence-electron chi connectivity index (χ2n) is 4.54. The standard InChI is InChI=1S/C14H14FNO3S/c1-9-6-10(2)14(17)13(7-9)16-20(18,19)12-5-3-4-11(15)8-12/h3-8,16-17H,1-2H3. The fraction of sp³-hybridized carbons (Fsp3) is 0.143. The Morgan fingerprint density at radius 2 is 1.85 bits per heavy atom. The molecule has 0 spiro atoms. The molecular weight excluding hydrogens is 281 g/mol. The third-order valence-electron chi connectivity index (χ3n) is 2.80. The average molecular weight is 295 g/mol. The predicted octanol–water partition coefficient (Wildman–Crippen LogP) is 2.95. The number of sulfonamides is 1. The first-order valence-electron chi connectivity index (χ1n) is 5.88. The van der Waals surface area contributed by atoms with Gasteiger partial charge in [-0.05, 0) is 49.2 Å². The summed E-state index contributed by atoms with van der Waals surface area (Å²) in [5, 5.41) is 9.89. The van der Waals surface area contributed by atoms with Crippen molar-refractivity contribution in [3.63, 3.8) is 0 Å². The summed E-state index contributed by atoms with van der Waals surface area (Å²) >= 11 is 0. The maximum atomic E-state index is 13.1. The Balaban J connectivity index is 2.44. The molecule has 0 aromatic heterocycles. The van der Waals surface area contributed by atoms with Crippen molar-refractivity contribution in [1.29, 1.82) is 0 Å². The zero-order valence-electron chi connectivity index (χ0n) is 11.0. The number of anilines is 1. The SMILES string of the molecule is Cc1cc(C)c(O)c(NS(=O)(=O)c2cccc(F)c2)c1. The van der Waals surface area contributed by atoms with Crippen molar-refractivity contribution in [3.8, 4) is 5.75 Å². The monoisotopic (exact) mass is 295 g/mol. The molecule has 0 aliphatic rings. The molecule has 0 saturated carbocycles. The molecule has 106 valence electrons. The molecule has 2 N–H and O–H groups in total. The highest BCUT2D eigenvalue weighted by molar-refractivity contribution is 7.92. The minimum Gasteiger partial charge on any atom is -0.505 e. The number of aryl methyl sites for hydroxylation is 2. The van der Waals surface area contributed by atoms with Gasteiger partial charge in [0.2, 0.25) is 0 Å². The van der Waals surface area contributed by atoms with Gasteiger partial charge in [-0.1, -0.05) is 12.1 Å². The lowest BCUT2D eigenvalue weighted by Crippen LogP contribution is -2.13. The van der Waals surface area contributed by atoms with E-state index < -0.39 is 15.8 Å². The van der Waals surface area contributed by atoms with Gasteiger partial charge in [-0.2, -0.15) is 0 Å². The van der Waals surface area contributed by atoms with E-state index >= 15 is 0 Å². The average Bonchev–Trinajstić information content (AvgIpc) is 2.35. The van der Waals surface area contributed by atoms with Gasteiger partial charge in [0.1, 0.15) is 11.6 Å². The van der Waals surface area contributed by atoms with Crippen molar-refractivity contribution in [2.24, 2.45) is 0 Å². The second kappa shape index (κ2) is 5.13. The van der Waals surface area contributed by atoms with E-state index in [4.69, 9.17) is 0 Å². The number of aromatic hydroxyl groups is 1. The van der Waals surface area contributed by atoms with E-state index in [9.17, 15) is 17.9 Å². The number of hydrogen-bond donors (Lipinski definition) is 2. The Morgan fingerprint density at radius 1 is 1.15 bits per heavy atom. The first-order valence-corrected chi connectivity index (χ1v) is 7.36. The van der Waals surface area contributed by atoms with Crippen LogP contribution in [0.15, 0.2) is 41.3 Å². The van der Waals surface area contributed by atoms with Crippen LogP contribution in [0, 0.1) is 19.7 Å². The van der Waals surface area contributed by atoms with E-state index in [1.165, 1.54) is 18.2 Å². The number of hydrogen-bond acceptors (Lipinski definition) is 3. The van der Waals surface area contributed by atoms with Crippen molar-refractivity contribution < 1.29 is 17.9 Å². The van der Waals surface area contributed by atoms with Crippen molar-refractivity contribution >= 4 is 15.7 Å². The van der Waals surface area contributed by atoms with Crippen LogP contribution in [0.2, 0.25) is 0 Å². The maximum absolute atomic E-state index is 13.1. The van der Waals surface area contributed by atoms with E-state index in [0.29, 0.717) is 5.56 Å². The van der Waals surface area contributed by atoms with E-state index in [2.05, 4.69) is 4.72 Å². The van der Waals surface area contributed by atoms with Crippen LogP contribution < -0.4 is 4.72 Å². The Bertz CT molecular complexity index is 757. The fourth-order valence-corrected chi connectivity index (χ4v) is 2.96. The zero-order valence-corrected chi connectivity index (χ0v) is 11.8. The van der Waals surface area contributed by atoms with Gasteiger partial charge in [0.15, 0.2) is 0 Å². The largest absolute Gasteiger partial charge is 0.505 e. The highest BCUT2D eigenvalue weighted by Crippen LogP contribution is 2.30. The van der Waals surface area contributed by atoms with Crippen molar-refractivity contribution in [1.82, 2.24) is 0 Å². The summed E-state index contributed by atoms with van der Waals surface area (Å²) in [5.74, 6) is -0.784. The molecular formula is C14H14FNO3S. The molecule has 20 heavy (non-hydrogen) atoms. The second-order valence-corrected chi connectivity index (χ2v) is 6.22. The molecule has 0 aliphatic carbocycles. The first kappa shape index (κ1) is 14.3. The van der Waals surface area contributed by atoms with E-state index in [1.807, 2.05) is 0 Å². The summed E-state index contributed by atoms with van der Waals surface area (Å²) < 4.78 is 39.6. The summed E-state index contributed by atoms with van der Waals surface area (Å²) in [6, 6.07) is 7.92. The van der Waals surface area contributed by atoms with Gasteiger partial charge in [-0.3, -0.25) is 4.72 Å². The molecule has 2 aromatic carbocycles. The highest BCUT2D eigenvalue weighted by Gasteiger charge is 2.17. The maximum Gasteiger partial charge on any atom is 0.262 e. The van der Waals surface area contributed by atoms with Crippen LogP contribution in [0.4, 0.5) is 10.1 Å². The summed E-state index contributed by atoms with van der Waals surface area (Å²) in [7, 11) is -3.94. The van der Waals surface area contributed by atoms with Crippen LogP contribution in [0.3, 0.4) is 0 Å². The number of phenolic OH excluding ortho intramolecular Hbond substituents is 1. The van der Waals surface area contributed by atoms with Crippen molar-refractivity contribution in [2.75, 3.05) is 4.72 Å². The van der Waals surface area contributed by atoms with Crippen LogP contribution in [-0.4, -0.2) is 13.5 Å². The summed E-state index contributed by atoms with van der Waals surface area (Å²) in [5.41, 5.74) is 1.44. The van der Waals surface area contributed by atoms with Crippen LogP contribution in [0.1, 0.15) is 11.1 Å².